The summed E-state index contributed by atoms with van der Waals surface area (Å²) in [6.07, 6.45) is 0. The van der Waals surface area contributed by atoms with E-state index < -0.39 is 5.97 Å². The first-order chi connectivity index (χ1) is 8.66. The maximum atomic E-state index is 10.4. The van der Waals surface area contributed by atoms with Crippen LogP contribution in [0, 0.1) is 6.92 Å². The van der Waals surface area contributed by atoms with Gasteiger partial charge in [0.1, 0.15) is 12.4 Å². The molecule has 0 saturated carbocycles. The fourth-order valence-corrected chi connectivity index (χ4v) is 1.60. The van der Waals surface area contributed by atoms with Gasteiger partial charge in [0.25, 0.3) is 0 Å². The Kier molecular flexibility index (Phi) is 3.52. The Morgan fingerprint density at radius 2 is 2.00 bits per heavy atom. The van der Waals surface area contributed by atoms with Gasteiger partial charge in [-0.2, -0.15) is 0 Å². The Hall–Kier alpha value is -2.43. The largest absolute Gasteiger partial charge is 0.480 e. The smallest absolute Gasteiger partial charge is 0.322 e. The summed E-state index contributed by atoms with van der Waals surface area (Å²) in [6.45, 7) is 1.84. The van der Waals surface area contributed by atoms with E-state index in [1.54, 1.807) is 6.07 Å². The van der Waals surface area contributed by atoms with Crippen molar-refractivity contribution in [3.05, 3.63) is 42.0 Å². The van der Waals surface area contributed by atoms with Gasteiger partial charge in [-0.3, -0.25) is 4.79 Å². The van der Waals surface area contributed by atoms with E-state index in [9.17, 15) is 4.79 Å². The number of benzene rings is 1. The molecule has 5 heteroatoms. The highest BCUT2D eigenvalue weighted by molar-refractivity contribution is 5.72. The van der Waals surface area contributed by atoms with Crippen LogP contribution in [0.15, 0.2) is 36.4 Å². The third-order valence-electron chi connectivity index (χ3n) is 2.51. The summed E-state index contributed by atoms with van der Waals surface area (Å²) in [5.41, 5.74) is 2.92. The summed E-state index contributed by atoms with van der Waals surface area (Å²) < 4.78 is 0. The minimum Gasteiger partial charge on any atom is -0.480 e. The number of hydrogen-bond acceptors (Lipinski definition) is 4. The summed E-state index contributed by atoms with van der Waals surface area (Å²) in [4.78, 5) is 10.4. The zero-order chi connectivity index (χ0) is 13.0. The topological polar surface area (TPSA) is 75.1 Å². The number of anilines is 1. The van der Waals surface area contributed by atoms with Crippen LogP contribution in [-0.4, -0.2) is 27.8 Å². The molecule has 0 spiro atoms. The van der Waals surface area contributed by atoms with Crippen LogP contribution < -0.4 is 5.32 Å². The molecule has 1 aromatic carbocycles. The second-order valence-corrected chi connectivity index (χ2v) is 3.87. The van der Waals surface area contributed by atoms with Gasteiger partial charge in [0.15, 0.2) is 0 Å². The molecule has 2 N–H and O–H groups in total. The van der Waals surface area contributed by atoms with Gasteiger partial charge in [0.05, 0.1) is 5.69 Å². The maximum Gasteiger partial charge on any atom is 0.322 e. The van der Waals surface area contributed by atoms with Gasteiger partial charge in [0, 0.05) is 5.56 Å². The highest BCUT2D eigenvalue weighted by Gasteiger charge is 2.04. The fraction of sp³-hybridized carbons (Fsp3) is 0.154. The molecule has 18 heavy (non-hydrogen) atoms. The number of carboxylic acids is 1. The third-order valence-corrected chi connectivity index (χ3v) is 2.51. The lowest BCUT2D eigenvalue weighted by atomic mass is 10.1. The molecular formula is C13H13N3O2. The lowest BCUT2D eigenvalue weighted by Crippen LogP contribution is -2.13. The molecule has 0 radical (unpaired) electrons. The molecule has 0 bridgehead atoms. The van der Waals surface area contributed by atoms with Crippen molar-refractivity contribution in [3.8, 4) is 11.3 Å². The van der Waals surface area contributed by atoms with E-state index in [-0.39, 0.29) is 6.54 Å². The van der Waals surface area contributed by atoms with Crippen molar-refractivity contribution >= 4 is 11.8 Å². The average Bonchev–Trinajstić information content (AvgIpc) is 2.38. The zero-order valence-electron chi connectivity index (χ0n) is 9.92. The molecule has 0 unspecified atom stereocenters. The van der Waals surface area contributed by atoms with Gasteiger partial charge < -0.3 is 10.4 Å². The Balaban J connectivity index is 2.17. The molecule has 5 nitrogen and oxygen atoms in total. The van der Waals surface area contributed by atoms with Crippen LogP contribution in [-0.2, 0) is 4.79 Å². The Labute approximate surface area is 104 Å². The number of nitrogens with one attached hydrogen (secondary N) is 1. The number of aliphatic carboxylic acids is 1. The number of carboxylic acid groups (broad SMARTS) is 1. The van der Waals surface area contributed by atoms with Crippen molar-refractivity contribution < 1.29 is 9.90 Å². The number of nitrogens with zero attached hydrogens (tertiary/aromatic N) is 2. The van der Waals surface area contributed by atoms with Crippen LogP contribution in [0.2, 0.25) is 0 Å². The molecule has 2 aromatic rings. The van der Waals surface area contributed by atoms with Gasteiger partial charge in [-0.15, -0.1) is 10.2 Å². The molecule has 0 aliphatic rings. The molecule has 92 valence electrons. The van der Waals surface area contributed by atoms with E-state index in [0.717, 1.165) is 16.8 Å². The third kappa shape index (κ3) is 2.82. The van der Waals surface area contributed by atoms with E-state index in [2.05, 4.69) is 15.5 Å². The SMILES string of the molecule is Cc1ccccc1-c1ccc(NCC(=O)O)nn1. The predicted octanol–water partition coefficient (Wildman–Crippen LogP) is 1.95. The Morgan fingerprint density at radius 1 is 1.22 bits per heavy atom. The van der Waals surface area contributed by atoms with E-state index in [0.29, 0.717) is 5.82 Å². The minimum atomic E-state index is -0.931. The van der Waals surface area contributed by atoms with Crippen LogP contribution in [0.3, 0.4) is 0 Å². The fourth-order valence-electron chi connectivity index (χ4n) is 1.60. The van der Waals surface area contributed by atoms with Crippen molar-refractivity contribution in [2.75, 3.05) is 11.9 Å². The van der Waals surface area contributed by atoms with Crippen molar-refractivity contribution in [1.82, 2.24) is 10.2 Å². The number of aromatic nitrogens is 2. The highest BCUT2D eigenvalue weighted by Crippen LogP contribution is 2.20. The zero-order valence-corrected chi connectivity index (χ0v) is 9.92. The first-order valence-corrected chi connectivity index (χ1v) is 5.52. The molecule has 1 aromatic heterocycles. The van der Waals surface area contributed by atoms with Crippen LogP contribution in [0.5, 0.6) is 0 Å². The summed E-state index contributed by atoms with van der Waals surface area (Å²) in [5.74, 6) is -0.477. The van der Waals surface area contributed by atoms with Crippen molar-refractivity contribution in [1.29, 1.82) is 0 Å². The maximum absolute atomic E-state index is 10.4. The van der Waals surface area contributed by atoms with Crippen LogP contribution in [0.1, 0.15) is 5.56 Å². The number of aryl methyl sites for hydroxylation is 1. The second kappa shape index (κ2) is 5.27. The van der Waals surface area contributed by atoms with Gasteiger partial charge in [-0.1, -0.05) is 24.3 Å². The summed E-state index contributed by atoms with van der Waals surface area (Å²) in [5, 5.41) is 19.2. The quantitative estimate of drug-likeness (QED) is 0.858. The van der Waals surface area contributed by atoms with Crippen molar-refractivity contribution in [3.63, 3.8) is 0 Å². The first kappa shape index (κ1) is 12.0. The van der Waals surface area contributed by atoms with Crippen molar-refractivity contribution in [2.24, 2.45) is 0 Å². The van der Waals surface area contributed by atoms with E-state index in [1.807, 2.05) is 37.3 Å². The number of carbonyl (C=O) groups is 1. The molecular weight excluding hydrogens is 230 g/mol. The van der Waals surface area contributed by atoms with Gasteiger partial charge in [-0.25, -0.2) is 0 Å². The molecule has 0 saturated heterocycles. The predicted molar refractivity (Wildman–Crippen MR) is 68.3 cm³/mol. The first-order valence-electron chi connectivity index (χ1n) is 5.52. The van der Waals surface area contributed by atoms with Gasteiger partial charge in [-0.05, 0) is 24.6 Å². The average molecular weight is 243 g/mol. The summed E-state index contributed by atoms with van der Waals surface area (Å²) in [7, 11) is 0. The van der Waals surface area contributed by atoms with Gasteiger partial charge in [0.2, 0.25) is 0 Å². The Morgan fingerprint density at radius 3 is 2.61 bits per heavy atom. The lowest BCUT2D eigenvalue weighted by molar-refractivity contribution is -0.134. The van der Waals surface area contributed by atoms with Crippen LogP contribution in [0.4, 0.5) is 5.82 Å². The molecule has 2 rings (SSSR count). The summed E-state index contributed by atoms with van der Waals surface area (Å²) in [6, 6.07) is 11.4. The molecule has 0 atom stereocenters. The Bertz CT molecular complexity index is 552. The van der Waals surface area contributed by atoms with E-state index in [4.69, 9.17) is 5.11 Å². The lowest BCUT2D eigenvalue weighted by Gasteiger charge is -2.05. The molecule has 1 heterocycles. The minimum absolute atomic E-state index is 0.168. The highest BCUT2D eigenvalue weighted by atomic mass is 16.4. The number of rotatable bonds is 4. The van der Waals surface area contributed by atoms with Gasteiger partial charge >= 0.3 is 5.97 Å². The van der Waals surface area contributed by atoms with Crippen LogP contribution in [0.25, 0.3) is 11.3 Å². The number of hydrogen-bond donors (Lipinski definition) is 2. The molecule has 0 aliphatic heterocycles. The van der Waals surface area contributed by atoms with Crippen LogP contribution >= 0.6 is 0 Å². The monoisotopic (exact) mass is 243 g/mol. The standard InChI is InChI=1S/C13H13N3O2/c1-9-4-2-3-5-10(9)11-6-7-12(16-15-11)14-8-13(17)18/h2-7H,8H2,1H3,(H,14,16)(H,17,18). The summed E-state index contributed by atoms with van der Waals surface area (Å²) >= 11 is 0. The van der Waals surface area contributed by atoms with Crippen molar-refractivity contribution in [2.45, 2.75) is 6.92 Å². The molecule has 0 amide bonds. The van der Waals surface area contributed by atoms with E-state index >= 15 is 0 Å². The molecule has 0 aliphatic carbocycles. The second-order valence-electron chi connectivity index (χ2n) is 3.87. The van der Waals surface area contributed by atoms with E-state index in [1.165, 1.54) is 0 Å². The normalized spacial score (nSPS) is 10.1. The molecule has 0 fully saturated rings.